The van der Waals surface area contributed by atoms with E-state index in [0.29, 0.717) is 0 Å². The first kappa shape index (κ1) is 18.6. The molecule has 0 nitrogen and oxygen atoms in total. The first-order valence-corrected chi connectivity index (χ1v) is 14.1. The van der Waals surface area contributed by atoms with Gasteiger partial charge in [0.05, 0.1) is 0 Å². The molecule has 0 N–H and O–H groups in total. The van der Waals surface area contributed by atoms with Gasteiger partial charge in [0.15, 0.2) is 0 Å². The molecule has 17 heavy (non-hydrogen) atoms. The fraction of sp³-hybridized carbons (Fsp3) is 1.00. The third-order valence-electron chi connectivity index (χ3n) is 1.89. The van der Waals surface area contributed by atoms with Crippen LogP contribution in [0.5, 0.6) is 0 Å². The van der Waals surface area contributed by atoms with E-state index in [1.165, 1.54) is 12.5 Å². The predicted octanol–water partition coefficient (Wildman–Crippen LogP) is 5.67. The van der Waals surface area contributed by atoms with Crippen LogP contribution in [0.4, 0.5) is 0 Å². The molecule has 0 atom stereocenters. The highest BCUT2D eigenvalue weighted by Gasteiger charge is 2.38. The van der Waals surface area contributed by atoms with Gasteiger partial charge in [-0.25, -0.2) is 0 Å². The van der Waals surface area contributed by atoms with Gasteiger partial charge in [0, 0.05) is 0 Å². The lowest BCUT2D eigenvalue weighted by Crippen LogP contribution is -2.29. The van der Waals surface area contributed by atoms with Crippen molar-refractivity contribution in [1.29, 1.82) is 0 Å². The molecule has 0 aromatic heterocycles. The average molecular weight is 329 g/mol. The number of hydrogen-bond acceptors (Lipinski definition) is 4. The molecule has 104 valence electrons. The molecule has 0 heterocycles. The van der Waals surface area contributed by atoms with Crippen LogP contribution >= 0.6 is 46.3 Å². The predicted molar refractivity (Wildman–Crippen MR) is 97.2 cm³/mol. The second-order valence-corrected chi connectivity index (χ2v) is 21.6. The normalized spacial score (nSPS) is 13.1. The van der Waals surface area contributed by atoms with E-state index in [1.807, 2.05) is 0 Å². The fourth-order valence-corrected chi connectivity index (χ4v) is 26.6. The maximum atomic E-state index is 4.40. The first-order chi connectivity index (χ1) is 7.81. The minimum Gasteiger partial charge on any atom is -0.179 e. The molecule has 0 rings (SSSR count). The van der Waals surface area contributed by atoms with Crippen molar-refractivity contribution in [3.8, 4) is 0 Å². The Hall–Kier alpha value is 1.62. The van der Waals surface area contributed by atoms with E-state index >= 15 is 0 Å². The van der Waals surface area contributed by atoms with E-state index in [0.717, 1.165) is 21.5 Å². The Kier molecular flexibility index (Phi) is 10.4. The SMILES string of the molecule is CC(C)S[Si](CCCS)(SC(C)C)SC(C)C. The summed E-state index contributed by atoms with van der Waals surface area (Å²) in [5.41, 5.74) is -1.30. The Morgan fingerprint density at radius 3 is 1.41 bits per heavy atom. The van der Waals surface area contributed by atoms with Crippen LogP contribution in [0.2, 0.25) is 6.04 Å². The van der Waals surface area contributed by atoms with Crippen LogP contribution in [0.25, 0.3) is 0 Å². The molecule has 0 saturated heterocycles. The molecule has 0 aromatic rings. The molecular weight excluding hydrogens is 300 g/mol. The smallest absolute Gasteiger partial charge is 0.179 e. The van der Waals surface area contributed by atoms with Crippen molar-refractivity contribution >= 4 is 51.8 Å². The average Bonchev–Trinajstić information content (AvgIpc) is 2.11. The molecule has 0 saturated carbocycles. The van der Waals surface area contributed by atoms with Crippen LogP contribution in [0.15, 0.2) is 0 Å². The van der Waals surface area contributed by atoms with Crippen molar-refractivity contribution in [2.45, 2.75) is 69.8 Å². The van der Waals surface area contributed by atoms with Crippen LogP contribution < -0.4 is 0 Å². The quantitative estimate of drug-likeness (QED) is 0.428. The summed E-state index contributed by atoms with van der Waals surface area (Å²) in [6.45, 7) is 14.1. The number of thiol groups is 1. The largest absolute Gasteiger partial charge is 0.238 e. The minimum atomic E-state index is -1.30. The van der Waals surface area contributed by atoms with E-state index < -0.39 is 5.52 Å². The maximum absolute atomic E-state index is 4.40. The first-order valence-electron chi connectivity index (χ1n) is 6.45. The molecule has 0 spiro atoms. The van der Waals surface area contributed by atoms with Crippen molar-refractivity contribution in [3.05, 3.63) is 0 Å². The summed E-state index contributed by atoms with van der Waals surface area (Å²) in [6.07, 6.45) is 1.27. The summed E-state index contributed by atoms with van der Waals surface area (Å²) in [5, 5.41) is 2.25. The van der Waals surface area contributed by atoms with Crippen molar-refractivity contribution in [1.82, 2.24) is 0 Å². The number of rotatable bonds is 9. The fourth-order valence-electron chi connectivity index (χ4n) is 1.63. The van der Waals surface area contributed by atoms with E-state index in [9.17, 15) is 0 Å². The van der Waals surface area contributed by atoms with E-state index in [2.05, 4.69) is 87.8 Å². The molecule has 0 amide bonds. The van der Waals surface area contributed by atoms with Crippen molar-refractivity contribution in [2.75, 3.05) is 5.75 Å². The zero-order valence-electron chi connectivity index (χ0n) is 12.0. The molecule has 0 unspecified atom stereocenters. The summed E-state index contributed by atoms with van der Waals surface area (Å²) in [7, 11) is 0. The topological polar surface area (TPSA) is 0 Å². The molecule has 0 aliphatic heterocycles. The van der Waals surface area contributed by atoms with E-state index in [4.69, 9.17) is 0 Å². The van der Waals surface area contributed by atoms with Crippen molar-refractivity contribution in [2.24, 2.45) is 0 Å². The van der Waals surface area contributed by atoms with Crippen LogP contribution in [0, 0.1) is 0 Å². The molecule has 0 bridgehead atoms. The second-order valence-electron chi connectivity index (χ2n) is 5.01. The molecule has 5 heteroatoms. The minimum absolute atomic E-state index is 0.749. The summed E-state index contributed by atoms with van der Waals surface area (Å²) in [4.78, 5) is 0. The van der Waals surface area contributed by atoms with Gasteiger partial charge >= 0.3 is 0 Å². The Morgan fingerprint density at radius 2 is 1.18 bits per heavy atom. The third-order valence-corrected chi connectivity index (χ3v) is 20.2. The molecule has 0 aromatic carbocycles. The molecule has 0 aliphatic rings. The van der Waals surface area contributed by atoms with Crippen LogP contribution in [-0.4, -0.2) is 27.0 Å². The standard InChI is InChI=1S/C12H28S4Si/c1-10(2)14-17(9-7-8-13,15-11(3)4)16-12(5)6/h10-13H,7-9H2,1-6H3. The van der Waals surface area contributed by atoms with E-state index in [1.54, 1.807) is 0 Å². The second kappa shape index (κ2) is 9.51. The Bertz CT molecular complexity index is 168. The van der Waals surface area contributed by atoms with Crippen molar-refractivity contribution in [3.63, 3.8) is 0 Å². The van der Waals surface area contributed by atoms with Gasteiger partial charge < -0.3 is 0 Å². The van der Waals surface area contributed by atoms with Crippen LogP contribution in [-0.2, 0) is 0 Å². The molecule has 0 aliphatic carbocycles. The Balaban J connectivity index is 4.76. The maximum Gasteiger partial charge on any atom is 0.238 e. The highest BCUT2D eigenvalue weighted by molar-refractivity contribution is 8.81. The third kappa shape index (κ3) is 9.19. The number of hydrogen-bond donors (Lipinski definition) is 1. The van der Waals surface area contributed by atoms with Gasteiger partial charge in [0.25, 0.3) is 0 Å². The highest BCUT2D eigenvalue weighted by atomic mass is 32.8. The van der Waals surface area contributed by atoms with Gasteiger partial charge in [-0.15, -0.1) is 0 Å². The lowest BCUT2D eigenvalue weighted by Gasteiger charge is -2.34. The summed E-state index contributed by atoms with van der Waals surface area (Å²) < 4.78 is 0. The van der Waals surface area contributed by atoms with Gasteiger partial charge in [-0.1, -0.05) is 41.5 Å². The van der Waals surface area contributed by atoms with Crippen LogP contribution in [0.3, 0.4) is 0 Å². The molecular formula is C12H28S4Si. The monoisotopic (exact) mass is 328 g/mol. The van der Waals surface area contributed by atoms with Gasteiger partial charge in [0.2, 0.25) is 5.52 Å². The lowest BCUT2D eigenvalue weighted by molar-refractivity contribution is 1.08. The summed E-state index contributed by atoms with van der Waals surface area (Å²) in [6, 6.07) is 1.39. The Morgan fingerprint density at radius 1 is 0.824 bits per heavy atom. The Labute approximate surface area is 127 Å². The molecule has 0 radical (unpaired) electrons. The highest BCUT2D eigenvalue weighted by Crippen LogP contribution is 2.50. The van der Waals surface area contributed by atoms with Gasteiger partial charge in [-0.05, 0) is 34.0 Å². The zero-order chi connectivity index (χ0) is 13.5. The molecule has 0 fully saturated rings. The van der Waals surface area contributed by atoms with Crippen LogP contribution in [0.1, 0.15) is 48.0 Å². The summed E-state index contributed by atoms with van der Waals surface area (Å²) in [5.74, 6) is 1.03. The zero-order valence-corrected chi connectivity index (χ0v) is 16.4. The van der Waals surface area contributed by atoms with Gasteiger partial charge in [-0.3, -0.25) is 0 Å². The lowest BCUT2D eigenvalue weighted by atomic mass is 10.6. The summed E-state index contributed by atoms with van der Waals surface area (Å²) >= 11 is 11.2. The van der Waals surface area contributed by atoms with Gasteiger partial charge in [0.1, 0.15) is 0 Å². The van der Waals surface area contributed by atoms with Crippen molar-refractivity contribution < 1.29 is 0 Å². The van der Waals surface area contributed by atoms with E-state index in [-0.39, 0.29) is 0 Å². The van der Waals surface area contributed by atoms with Gasteiger partial charge in [-0.2, -0.15) is 46.3 Å².